The molecule has 3 aromatic rings. The Morgan fingerprint density at radius 2 is 2.24 bits per heavy atom. The maximum atomic E-state index is 12.6. The molecule has 25 heavy (non-hydrogen) atoms. The first-order valence-electron chi connectivity index (χ1n) is 8.67. The Morgan fingerprint density at radius 1 is 1.32 bits per heavy atom. The van der Waals surface area contributed by atoms with Crippen molar-refractivity contribution < 1.29 is 4.79 Å². The van der Waals surface area contributed by atoms with Gasteiger partial charge >= 0.3 is 0 Å². The number of hydrogen-bond acceptors (Lipinski definition) is 4. The minimum absolute atomic E-state index is 0.167. The molecule has 1 saturated heterocycles. The number of pyridine rings is 1. The predicted octanol–water partition coefficient (Wildman–Crippen LogP) is 2.38. The van der Waals surface area contributed by atoms with Gasteiger partial charge in [0.2, 0.25) is 5.91 Å². The van der Waals surface area contributed by atoms with Crippen molar-refractivity contribution in [2.45, 2.75) is 32.1 Å². The van der Waals surface area contributed by atoms with E-state index in [2.05, 4.69) is 16.0 Å². The highest BCUT2D eigenvalue weighted by molar-refractivity contribution is 5.78. The van der Waals surface area contributed by atoms with E-state index >= 15 is 0 Å². The van der Waals surface area contributed by atoms with E-state index in [1.807, 2.05) is 34.6 Å². The first kappa shape index (κ1) is 15.7. The van der Waals surface area contributed by atoms with Gasteiger partial charge in [-0.2, -0.15) is 0 Å². The van der Waals surface area contributed by atoms with Gasteiger partial charge in [-0.25, -0.2) is 9.97 Å². The standard InChI is InChI=1S/C19H21N5O/c1-14-22-18(9-17-11-21-13-24(14)17)16-5-3-7-23(12-16)19(25)8-15-4-2-6-20-10-15/h2,4,6,9-11,13,16H,3,5,7-8,12H2,1H3/t16-/m0/s1. The number of aromatic nitrogens is 4. The smallest absolute Gasteiger partial charge is 0.227 e. The molecule has 0 aromatic carbocycles. The van der Waals surface area contributed by atoms with Gasteiger partial charge in [-0.15, -0.1) is 0 Å². The zero-order valence-electron chi connectivity index (χ0n) is 14.3. The fourth-order valence-corrected chi connectivity index (χ4v) is 3.55. The summed E-state index contributed by atoms with van der Waals surface area (Å²) in [6.45, 7) is 3.55. The van der Waals surface area contributed by atoms with E-state index in [1.54, 1.807) is 18.7 Å². The van der Waals surface area contributed by atoms with Crippen LogP contribution < -0.4 is 0 Å². The first-order chi connectivity index (χ1) is 12.2. The van der Waals surface area contributed by atoms with Crippen molar-refractivity contribution in [1.29, 1.82) is 0 Å². The van der Waals surface area contributed by atoms with Crippen molar-refractivity contribution in [2.24, 2.45) is 0 Å². The summed E-state index contributed by atoms with van der Waals surface area (Å²) >= 11 is 0. The second kappa shape index (κ2) is 6.63. The Labute approximate surface area is 146 Å². The Balaban J connectivity index is 1.51. The zero-order valence-corrected chi connectivity index (χ0v) is 14.3. The van der Waals surface area contributed by atoms with Crippen LogP contribution in [-0.4, -0.2) is 43.2 Å². The molecule has 1 amide bonds. The second-order valence-corrected chi connectivity index (χ2v) is 6.63. The van der Waals surface area contributed by atoms with Crippen LogP contribution in [0.3, 0.4) is 0 Å². The van der Waals surface area contributed by atoms with E-state index in [4.69, 9.17) is 4.98 Å². The number of hydrogen-bond donors (Lipinski definition) is 0. The van der Waals surface area contributed by atoms with Crippen LogP contribution in [0.2, 0.25) is 0 Å². The molecule has 1 atom stereocenters. The van der Waals surface area contributed by atoms with E-state index < -0.39 is 0 Å². The number of piperidine rings is 1. The van der Waals surface area contributed by atoms with Crippen LogP contribution in [0.4, 0.5) is 0 Å². The van der Waals surface area contributed by atoms with Gasteiger partial charge in [0.25, 0.3) is 0 Å². The third-order valence-corrected chi connectivity index (χ3v) is 4.87. The van der Waals surface area contributed by atoms with Gasteiger partial charge in [-0.05, 0) is 37.5 Å². The second-order valence-electron chi connectivity index (χ2n) is 6.63. The Morgan fingerprint density at radius 3 is 3.08 bits per heavy atom. The fraction of sp³-hybridized carbons (Fsp3) is 0.368. The highest BCUT2D eigenvalue weighted by atomic mass is 16.2. The lowest BCUT2D eigenvalue weighted by Gasteiger charge is -2.32. The van der Waals surface area contributed by atoms with E-state index in [9.17, 15) is 4.79 Å². The molecule has 1 aliphatic rings. The lowest BCUT2D eigenvalue weighted by Crippen LogP contribution is -2.40. The predicted molar refractivity (Wildman–Crippen MR) is 94.2 cm³/mol. The van der Waals surface area contributed by atoms with Crippen molar-refractivity contribution >= 4 is 11.4 Å². The zero-order chi connectivity index (χ0) is 17.2. The van der Waals surface area contributed by atoms with E-state index in [0.29, 0.717) is 6.42 Å². The lowest BCUT2D eigenvalue weighted by molar-refractivity contribution is -0.131. The van der Waals surface area contributed by atoms with Gasteiger partial charge in [0.05, 0.1) is 18.1 Å². The lowest BCUT2D eigenvalue weighted by atomic mass is 9.94. The minimum atomic E-state index is 0.167. The van der Waals surface area contributed by atoms with Gasteiger partial charge in [0, 0.05) is 37.1 Å². The van der Waals surface area contributed by atoms with Gasteiger partial charge < -0.3 is 4.90 Å². The van der Waals surface area contributed by atoms with Gasteiger partial charge in [-0.3, -0.25) is 14.2 Å². The number of carbonyl (C=O) groups excluding carboxylic acids is 1. The monoisotopic (exact) mass is 335 g/mol. The third kappa shape index (κ3) is 3.24. The molecule has 0 aliphatic carbocycles. The molecule has 1 aliphatic heterocycles. The van der Waals surface area contributed by atoms with Crippen molar-refractivity contribution in [3.8, 4) is 0 Å². The van der Waals surface area contributed by atoms with Crippen LogP contribution in [0, 0.1) is 6.92 Å². The van der Waals surface area contributed by atoms with Crippen LogP contribution >= 0.6 is 0 Å². The molecule has 6 heteroatoms. The molecule has 0 unspecified atom stereocenters. The molecule has 1 fully saturated rings. The van der Waals surface area contributed by atoms with Crippen LogP contribution in [-0.2, 0) is 11.2 Å². The molecule has 3 aromatic heterocycles. The van der Waals surface area contributed by atoms with Gasteiger partial charge in [-0.1, -0.05) is 6.07 Å². The molecule has 0 N–H and O–H groups in total. The normalized spacial score (nSPS) is 17.8. The average Bonchev–Trinajstić information content (AvgIpc) is 3.12. The van der Waals surface area contributed by atoms with Crippen molar-refractivity contribution in [1.82, 2.24) is 24.3 Å². The maximum Gasteiger partial charge on any atom is 0.227 e. The SMILES string of the molecule is Cc1nc([C@H]2CCCN(C(=O)Cc3cccnc3)C2)cc2cncn12. The van der Waals surface area contributed by atoms with Crippen molar-refractivity contribution in [3.63, 3.8) is 0 Å². The molecular formula is C19H21N5O. The number of amides is 1. The highest BCUT2D eigenvalue weighted by Gasteiger charge is 2.26. The van der Waals surface area contributed by atoms with Gasteiger partial charge in [0.15, 0.2) is 0 Å². The topological polar surface area (TPSA) is 63.4 Å². The summed E-state index contributed by atoms with van der Waals surface area (Å²) in [4.78, 5) is 27.6. The largest absolute Gasteiger partial charge is 0.342 e. The number of carbonyl (C=O) groups is 1. The quantitative estimate of drug-likeness (QED) is 0.737. The number of likely N-dealkylation sites (tertiary alicyclic amines) is 1. The molecule has 128 valence electrons. The number of imidazole rings is 1. The van der Waals surface area contributed by atoms with Crippen LogP contribution in [0.15, 0.2) is 43.1 Å². The molecule has 0 radical (unpaired) electrons. The molecule has 0 saturated carbocycles. The summed E-state index contributed by atoms with van der Waals surface area (Å²) in [5.41, 5.74) is 3.08. The minimum Gasteiger partial charge on any atom is -0.342 e. The molecule has 4 heterocycles. The molecule has 6 nitrogen and oxygen atoms in total. The van der Waals surface area contributed by atoms with Crippen LogP contribution in [0.1, 0.15) is 35.8 Å². The molecule has 4 rings (SSSR count). The molecule has 0 spiro atoms. The van der Waals surface area contributed by atoms with E-state index in [-0.39, 0.29) is 11.8 Å². The Hall–Kier alpha value is -2.76. The third-order valence-electron chi connectivity index (χ3n) is 4.87. The van der Waals surface area contributed by atoms with Crippen LogP contribution in [0.25, 0.3) is 5.52 Å². The number of nitrogens with zero attached hydrogens (tertiary/aromatic N) is 5. The van der Waals surface area contributed by atoms with Crippen molar-refractivity contribution in [2.75, 3.05) is 13.1 Å². The van der Waals surface area contributed by atoms with Crippen molar-refractivity contribution in [3.05, 3.63) is 60.2 Å². The average molecular weight is 335 g/mol. The highest BCUT2D eigenvalue weighted by Crippen LogP contribution is 2.27. The van der Waals surface area contributed by atoms with Crippen LogP contribution in [0.5, 0.6) is 0 Å². The fourth-order valence-electron chi connectivity index (χ4n) is 3.55. The Bertz CT molecular complexity index is 889. The number of rotatable bonds is 3. The summed E-state index contributed by atoms with van der Waals surface area (Å²) in [5, 5.41) is 0. The summed E-state index contributed by atoms with van der Waals surface area (Å²) in [7, 11) is 0. The molecular weight excluding hydrogens is 314 g/mol. The summed E-state index contributed by atoms with van der Waals surface area (Å²) in [6, 6.07) is 5.92. The summed E-state index contributed by atoms with van der Waals surface area (Å²) in [6.07, 6.45) is 9.61. The first-order valence-corrected chi connectivity index (χ1v) is 8.67. The summed E-state index contributed by atoms with van der Waals surface area (Å²) < 4.78 is 1.98. The molecule has 0 bridgehead atoms. The number of fused-ring (bicyclic) bond motifs is 1. The van der Waals surface area contributed by atoms with Gasteiger partial charge in [0.1, 0.15) is 12.2 Å². The maximum absolute atomic E-state index is 12.6. The summed E-state index contributed by atoms with van der Waals surface area (Å²) in [5.74, 6) is 1.38. The Kier molecular flexibility index (Phi) is 4.17. The van der Waals surface area contributed by atoms with E-state index in [1.165, 1.54) is 0 Å². The number of aryl methyl sites for hydroxylation is 1. The van der Waals surface area contributed by atoms with E-state index in [0.717, 1.165) is 48.5 Å².